The zero-order chi connectivity index (χ0) is 13.7. The second kappa shape index (κ2) is 5.85. The number of hydrogen-bond donors (Lipinski definition) is 2. The second-order valence-corrected chi connectivity index (χ2v) is 3.82. The molecule has 19 heavy (non-hydrogen) atoms. The minimum atomic E-state index is -0.732. The van der Waals surface area contributed by atoms with Crippen molar-refractivity contribution in [1.29, 1.82) is 0 Å². The predicted octanol–water partition coefficient (Wildman–Crippen LogP) is -0.0346. The highest BCUT2D eigenvalue weighted by Gasteiger charge is 2.28. The zero-order valence-corrected chi connectivity index (χ0v) is 10.3. The summed E-state index contributed by atoms with van der Waals surface area (Å²) in [6.07, 6.45) is -0.0129. The Bertz CT molecular complexity index is 498. The van der Waals surface area contributed by atoms with Crippen molar-refractivity contribution in [3.8, 4) is 5.75 Å². The Labute approximate surface area is 109 Å². The van der Waals surface area contributed by atoms with Gasteiger partial charge in [0.25, 0.3) is 5.91 Å². The molecule has 1 aliphatic rings. The quantitative estimate of drug-likeness (QED) is 0.576. The lowest BCUT2D eigenvalue weighted by Crippen LogP contribution is -2.42. The minimum Gasteiger partial charge on any atom is -0.497 e. The number of carbonyl (C=O) groups is 2. The van der Waals surface area contributed by atoms with E-state index in [0.717, 1.165) is 11.3 Å². The first-order chi connectivity index (χ1) is 9.24. The molecule has 0 spiro atoms. The first-order valence-electron chi connectivity index (χ1n) is 5.60. The van der Waals surface area contributed by atoms with Crippen LogP contribution in [0.3, 0.4) is 0 Å². The largest absolute Gasteiger partial charge is 0.497 e. The molecule has 2 N–H and O–H groups in total. The molecule has 0 fully saturated rings. The lowest BCUT2D eigenvalue weighted by molar-refractivity contribution is -0.133. The molecule has 1 atom stereocenters. The van der Waals surface area contributed by atoms with Crippen molar-refractivity contribution in [2.45, 2.75) is 12.5 Å². The highest BCUT2D eigenvalue weighted by Crippen LogP contribution is 2.19. The van der Waals surface area contributed by atoms with Gasteiger partial charge in [0.15, 0.2) is 0 Å². The van der Waals surface area contributed by atoms with E-state index in [2.05, 4.69) is 16.0 Å². The average molecular weight is 263 g/mol. The van der Waals surface area contributed by atoms with Gasteiger partial charge < -0.3 is 9.57 Å². The van der Waals surface area contributed by atoms with Crippen molar-refractivity contribution in [3.63, 3.8) is 0 Å². The van der Waals surface area contributed by atoms with Crippen molar-refractivity contribution < 1.29 is 19.2 Å². The number of rotatable bonds is 5. The third-order valence-corrected chi connectivity index (χ3v) is 2.64. The molecule has 0 saturated carbocycles. The van der Waals surface area contributed by atoms with Crippen molar-refractivity contribution in [2.75, 3.05) is 7.11 Å². The molecule has 1 aromatic rings. The highest BCUT2D eigenvalue weighted by molar-refractivity contribution is 6.04. The number of benzene rings is 1. The van der Waals surface area contributed by atoms with Crippen LogP contribution >= 0.6 is 0 Å². The summed E-state index contributed by atoms with van der Waals surface area (Å²) in [5.74, 6) is 0.298. The van der Waals surface area contributed by atoms with E-state index in [1.807, 2.05) is 12.1 Å². The Morgan fingerprint density at radius 3 is 2.84 bits per heavy atom. The summed E-state index contributed by atoms with van der Waals surface area (Å²) >= 11 is 0. The van der Waals surface area contributed by atoms with E-state index in [1.165, 1.54) is 0 Å². The fraction of sp³-hybridized carbons (Fsp3) is 0.250. The van der Waals surface area contributed by atoms with Gasteiger partial charge in [0.2, 0.25) is 12.5 Å². The van der Waals surface area contributed by atoms with E-state index < -0.39 is 12.0 Å². The maximum Gasteiger partial charge on any atom is 0.282 e. The molecule has 0 aliphatic carbocycles. The van der Waals surface area contributed by atoms with Crippen LogP contribution < -0.4 is 15.6 Å². The highest BCUT2D eigenvalue weighted by atomic mass is 16.6. The molecule has 1 aliphatic heterocycles. The van der Waals surface area contributed by atoms with Crippen LogP contribution in [0, 0.1) is 0 Å². The van der Waals surface area contributed by atoms with Crippen molar-refractivity contribution in [2.24, 2.45) is 5.16 Å². The summed E-state index contributed by atoms with van der Waals surface area (Å²) in [4.78, 5) is 26.6. The molecule has 0 radical (unpaired) electrons. The van der Waals surface area contributed by atoms with Gasteiger partial charge in [-0.15, -0.1) is 0 Å². The van der Waals surface area contributed by atoms with Crippen LogP contribution in [-0.4, -0.2) is 31.2 Å². The lowest BCUT2D eigenvalue weighted by Gasteiger charge is -2.07. The number of amides is 2. The maximum atomic E-state index is 11.5. The molecular formula is C12H13N3O4. The van der Waals surface area contributed by atoms with Gasteiger partial charge in [0, 0.05) is 6.42 Å². The van der Waals surface area contributed by atoms with Gasteiger partial charge in [-0.3, -0.25) is 20.4 Å². The van der Waals surface area contributed by atoms with Crippen molar-refractivity contribution in [3.05, 3.63) is 29.8 Å². The van der Waals surface area contributed by atoms with E-state index in [9.17, 15) is 9.59 Å². The molecule has 0 bridgehead atoms. The maximum absolute atomic E-state index is 11.5. The summed E-state index contributed by atoms with van der Waals surface area (Å²) < 4.78 is 5.06. The van der Waals surface area contributed by atoms with Crippen LogP contribution in [0.5, 0.6) is 5.75 Å². The molecule has 1 aromatic carbocycles. The monoisotopic (exact) mass is 263 g/mol. The Hall–Kier alpha value is -2.57. The fourth-order valence-electron chi connectivity index (χ4n) is 1.65. The van der Waals surface area contributed by atoms with E-state index in [1.54, 1.807) is 19.2 Å². The van der Waals surface area contributed by atoms with Crippen LogP contribution in [0.15, 0.2) is 29.4 Å². The molecule has 100 valence electrons. The van der Waals surface area contributed by atoms with Gasteiger partial charge >= 0.3 is 0 Å². The molecule has 1 unspecified atom stereocenters. The van der Waals surface area contributed by atoms with Gasteiger partial charge in [0.1, 0.15) is 5.75 Å². The molecule has 0 aromatic heterocycles. The SMILES string of the molecule is COc1ccc(C2=NOC(C(=O)NNC=O)C2)cc1. The molecule has 7 nitrogen and oxygen atoms in total. The summed E-state index contributed by atoms with van der Waals surface area (Å²) in [6, 6.07) is 7.29. The Morgan fingerprint density at radius 2 is 2.21 bits per heavy atom. The summed E-state index contributed by atoms with van der Waals surface area (Å²) in [5, 5.41) is 3.87. The van der Waals surface area contributed by atoms with Crippen molar-refractivity contribution >= 4 is 18.0 Å². The van der Waals surface area contributed by atoms with Crippen LogP contribution in [0.1, 0.15) is 12.0 Å². The second-order valence-electron chi connectivity index (χ2n) is 3.82. The van der Waals surface area contributed by atoms with Gasteiger partial charge in [-0.1, -0.05) is 5.16 Å². The summed E-state index contributed by atoms with van der Waals surface area (Å²) in [5.41, 5.74) is 5.79. The summed E-state index contributed by atoms with van der Waals surface area (Å²) in [6.45, 7) is 0. The number of oxime groups is 1. The molecule has 7 heteroatoms. The zero-order valence-electron chi connectivity index (χ0n) is 10.3. The van der Waals surface area contributed by atoms with Gasteiger partial charge in [0.05, 0.1) is 12.8 Å². The molecule has 1 heterocycles. The first-order valence-corrected chi connectivity index (χ1v) is 5.60. The number of hydrogen-bond acceptors (Lipinski definition) is 5. The number of hydrazine groups is 1. The Morgan fingerprint density at radius 1 is 1.47 bits per heavy atom. The standard InChI is InChI=1S/C12H13N3O4/c1-18-9-4-2-8(3-5-9)10-6-11(19-15-10)12(17)14-13-7-16/h2-5,7,11H,6H2,1H3,(H,13,16)(H,14,17). The summed E-state index contributed by atoms with van der Waals surface area (Å²) in [7, 11) is 1.59. The number of ether oxygens (including phenoxy) is 1. The fourth-order valence-corrected chi connectivity index (χ4v) is 1.65. The van der Waals surface area contributed by atoms with E-state index in [4.69, 9.17) is 9.57 Å². The van der Waals surface area contributed by atoms with Crippen LogP contribution in [0.4, 0.5) is 0 Å². The molecular weight excluding hydrogens is 250 g/mol. The van der Waals surface area contributed by atoms with E-state index >= 15 is 0 Å². The third kappa shape index (κ3) is 3.01. The van der Waals surface area contributed by atoms with Gasteiger partial charge in [-0.05, 0) is 29.8 Å². The number of methoxy groups -OCH3 is 1. The topological polar surface area (TPSA) is 89.0 Å². The number of nitrogens with zero attached hydrogens (tertiary/aromatic N) is 1. The predicted molar refractivity (Wildman–Crippen MR) is 66.4 cm³/mol. The minimum absolute atomic E-state index is 0.346. The number of carbonyl (C=O) groups excluding carboxylic acids is 2. The third-order valence-electron chi connectivity index (χ3n) is 2.64. The Kier molecular flexibility index (Phi) is 3.97. The molecule has 0 saturated heterocycles. The normalized spacial score (nSPS) is 17.1. The smallest absolute Gasteiger partial charge is 0.282 e. The lowest BCUT2D eigenvalue weighted by atomic mass is 10.0. The van der Waals surface area contributed by atoms with E-state index in [0.29, 0.717) is 18.5 Å². The first kappa shape index (κ1) is 12.9. The van der Waals surface area contributed by atoms with Gasteiger partial charge in [-0.2, -0.15) is 0 Å². The van der Waals surface area contributed by atoms with Gasteiger partial charge in [-0.25, -0.2) is 0 Å². The van der Waals surface area contributed by atoms with Crippen LogP contribution in [0.2, 0.25) is 0 Å². The molecule has 2 rings (SSSR count). The molecule has 2 amide bonds. The average Bonchev–Trinajstić information content (AvgIpc) is 2.94. The van der Waals surface area contributed by atoms with E-state index in [-0.39, 0.29) is 0 Å². The Balaban J connectivity index is 1.96. The van der Waals surface area contributed by atoms with Crippen LogP contribution in [-0.2, 0) is 14.4 Å². The van der Waals surface area contributed by atoms with Crippen LogP contribution in [0.25, 0.3) is 0 Å². The van der Waals surface area contributed by atoms with Crippen molar-refractivity contribution in [1.82, 2.24) is 10.9 Å². The number of nitrogens with one attached hydrogen (secondary N) is 2.